The third kappa shape index (κ3) is 4.81. The molecule has 0 bridgehead atoms. The molecule has 6 rings (SSSR count). The third-order valence-electron chi connectivity index (χ3n) is 8.16. The van der Waals surface area contributed by atoms with E-state index in [1.807, 2.05) is 0 Å². The molecule has 0 atom stereocenters. The van der Waals surface area contributed by atoms with Crippen molar-refractivity contribution in [3.8, 4) is 0 Å². The first-order chi connectivity index (χ1) is 18.7. The van der Waals surface area contributed by atoms with E-state index in [9.17, 15) is 0 Å². The van der Waals surface area contributed by atoms with Crippen LogP contribution in [-0.2, 0) is 22.4 Å². The van der Waals surface area contributed by atoms with Gasteiger partial charge in [-0.3, -0.25) is 4.68 Å². The highest BCUT2D eigenvalue weighted by Crippen LogP contribution is 2.42. The van der Waals surface area contributed by atoms with Gasteiger partial charge < -0.3 is 14.4 Å². The molecule has 0 unspecified atom stereocenters. The van der Waals surface area contributed by atoms with Gasteiger partial charge in [0.15, 0.2) is 6.29 Å². The van der Waals surface area contributed by atoms with Crippen LogP contribution in [0.5, 0.6) is 0 Å². The lowest BCUT2D eigenvalue weighted by atomic mass is 9.85. The van der Waals surface area contributed by atoms with Gasteiger partial charge in [0.25, 0.3) is 0 Å². The van der Waals surface area contributed by atoms with Crippen LogP contribution in [0, 0.1) is 5.92 Å². The maximum atomic E-state index is 5.50. The molecule has 0 saturated carbocycles. The SMILES string of the molecule is COC(OC)C1CCN(c2ccc(C3=C(Br)CCc4c3ccc3c4cnn3Cc3ccccc3)cc2)CC1. The summed E-state index contributed by atoms with van der Waals surface area (Å²) < 4.78 is 14.4. The first-order valence-corrected chi connectivity index (χ1v) is 14.3. The lowest BCUT2D eigenvalue weighted by molar-refractivity contribution is -0.141. The van der Waals surface area contributed by atoms with Gasteiger partial charge in [0.05, 0.1) is 18.3 Å². The number of ether oxygens (including phenoxy) is 2. The van der Waals surface area contributed by atoms with E-state index in [1.165, 1.54) is 48.9 Å². The summed E-state index contributed by atoms with van der Waals surface area (Å²) >= 11 is 3.93. The molecule has 1 aromatic heterocycles. The predicted molar refractivity (Wildman–Crippen MR) is 158 cm³/mol. The van der Waals surface area contributed by atoms with Gasteiger partial charge in [-0.15, -0.1) is 0 Å². The number of hydrogen-bond acceptors (Lipinski definition) is 4. The van der Waals surface area contributed by atoms with Crippen LogP contribution in [0.2, 0.25) is 0 Å². The number of piperidine rings is 1. The highest BCUT2D eigenvalue weighted by atomic mass is 79.9. The number of aryl methyl sites for hydroxylation is 1. The number of hydrogen-bond donors (Lipinski definition) is 0. The Hall–Kier alpha value is -2.93. The molecule has 6 heteroatoms. The molecule has 1 saturated heterocycles. The monoisotopic (exact) mass is 571 g/mol. The summed E-state index contributed by atoms with van der Waals surface area (Å²) in [6.07, 6.45) is 6.12. The van der Waals surface area contributed by atoms with Gasteiger partial charge in [-0.05, 0) is 71.7 Å². The smallest absolute Gasteiger partial charge is 0.159 e. The zero-order valence-corrected chi connectivity index (χ0v) is 23.7. The number of anilines is 1. The maximum Gasteiger partial charge on any atom is 0.159 e. The number of fused-ring (bicyclic) bond motifs is 3. The van der Waals surface area contributed by atoms with Gasteiger partial charge in [0.1, 0.15) is 0 Å². The van der Waals surface area contributed by atoms with Gasteiger partial charge in [0, 0.05) is 48.8 Å². The molecule has 0 spiro atoms. The average molecular weight is 573 g/mol. The number of methoxy groups -OCH3 is 2. The Labute approximate surface area is 233 Å². The summed E-state index contributed by atoms with van der Waals surface area (Å²) in [6, 6.07) is 24.2. The summed E-state index contributed by atoms with van der Waals surface area (Å²) in [7, 11) is 3.47. The van der Waals surface area contributed by atoms with Crippen LogP contribution in [0.1, 0.15) is 41.5 Å². The molecule has 2 heterocycles. The first-order valence-electron chi connectivity index (χ1n) is 13.5. The molecular formula is C32H34BrN3O2. The molecule has 4 aromatic rings. The van der Waals surface area contributed by atoms with Crippen molar-refractivity contribution in [1.82, 2.24) is 9.78 Å². The highest BCUT2D eigenvalue weighted by Gasteiger charge is 2.27. The number of allylic oxidation sites excluding steroid dienone is 1. The Balaban J connectivity index is 1.24. The Morgan fingerprint density at radius 2 is 1.66 bits per heavy atom. The summed E-state index contributed by atoms with van der Waals surface area (Å²) in [5, 5.41) is 6.04. The van der Waals surface area contributed by atoms with E-state index in [1.54, 1.807) is 14.2 Å². The topological polar surface area (TPSA) is 39.5 Å². The quantitative estimate of drug-likeness (QED) is 0.223. The van der Waals surface area contributed by atoms with E-state index >= 15 is 0 Å². The highest BCUT2D eigenvalue weighted by molar-refractivity contribution is 9.11. The van der Waals surface area contributed by atoms with Crippen LogP contribution < -0.4 is 4.90 Å². The van der Waals surface area contributed by atoms with Gasteiger partial charge in [-0.1, -0.05) is 64.5 Å². The van der Waals surface area contributed by atoms with Gasteiger partial charge in [-0.25, -0.2) is 0 Å². The van der Waals surface area contributed by atoms with Crippen LogP contribution in [0.4, 0.5) is 5.69 Å². The lowest BCUT2D eigenvalue weighted by Gasteiger charge is -2.36. The number of halogens is 1. The molecule has 1 aliphatic carbocycles. The van der Waals surface area contributed by atoms with Crippen molar-refractivity contribution in [2.45, 2.75) is 38.5 Å². The summed E-state index contributed by atoms with van der Waals surface area (Å²) in [4.78, 5) is 2.48. The van der Waals surface area contributed by atoms with Crippen molar-refractivity contribution < 1.29 is 9.47 Å². The molecule has 2 aliphatic rings. The Bertz CT molecular complexity index is 1430. The molecule has 3 aromatic carbocycles. The van der Waals surface area contributed by atoms with Crippen molar-refractivity contribution in [1.29, 1.82) is 0 Å². The fourth-order valence-corrected chi connectivity index (χ4v) is 6.81. The molecule has 0 radical (unpaired) electrons. The lowest BCUT2D eigenvalue weighted by Crippen LogP contribution is -2.39. The largest absolute Gasteiger partial charge is 0.372 e. The second kappa shape index (κ2) is 11.0. The number of benzene rings is 3. The van der Waals surface area contributed by atoms with E-state index in [-0.39, 0.29) is 6.29 Å². The van der Waals surface area contributed by atoms with Crippen LogP contribution in [0.3, 0.4) is 0 Å². The number of aromatic nitrogens is 2. The summed E-state index contributed by atoms with van der Waals surface area (Å²) in [6.45, 7) is 2.83. The Morgan fingerprint density at radius 1 is 0.921 bits per heavy atom. The summed E-state index contributed by atoms with van der Waals surface area (Å²) in [5.74, 6) is 0.453. The molecule has 38 heavy (non-hydrogen) atoms. The van der Waals surface area contributed by atoms with Crippen molar-refractivity contribution in [3.05, 3.63) is 99.7 Å². The molecule has 0 N–H and O–H groups in total. The van der Waals surface area contributed by atoms with Gasteiger partial charge in [-0.2, -0.15) is 5.10 Å². The average Bonchev–Trinajstić information content (AvgIpc) is 3.37. The number of rotatable bonds is 7. The molecule has 1 aliphatic heterocycles. The molecule has 1 fully saturated rings. The normalized spacial score (nSPS) is 16.5. The fraction of sp³-hybridized carbons (Fsp3) is 0.344. The van der Waals surface area contributed by atoms with Crippen LogP contribution in [0.25, 0.3) is 16.5 Å². The molecule has 196 valence electrons. The molecule has 0 amide bonds. The van der Waals surface area contributed by atoms with E-state index < -0.39 is 0 Å². The van der Waals surface area contributed by atoms with E-state index in [4.69, 9.17) is 14.6 Å². The first kappa shape index (κ1) is 25.4. The zero-order chi connectivity index (χ0) is 26.1. The van der Waals surface area contributed by atoms with Crippen LogP contribution >= 0.6 is 15.9 Å². The van der Waals surface area contributed by atoms with Gasteiger partial charge in [0.2, 0.25) is 0 Å². The van der Waals surface area contributed by atoms with Crippen molar-refractivity contribution in [2.75, 3.05) is 32.2 Å². The second-order valence-corrected chi connectivity index (χ2v) is 11.3. The van der Waals surface area contributed by atoms with Gasteiger partial charge >= 0.3 is 0 Å². The maximum absolute atomic E-state index is 5.50. The molecule has 5 nitrogen and oxygen atoms in total. The van der Waals surface area contributed by atoms with Crippen LogP contribution in [-0.4, -0.2) is 43.4 Å². The minimum absolute atomic E-state index is 0.105. The minimum atomic E-state index is -0.105. The van der Waals surface area contributed by atoms with Crippen molar-refractivity contribution in [3.63, 3.8) is 0 Å². The minimum Gasteiger partial charge on any atom is -0.372 e. The van der Waals surface area contributed by atoms with E-state index in [2.05, 4.69) is 98.4 Å². The predicted octanol–water partition coefficient (Wildman–Crippen LogP) is 7.02. The van der Waals surface area contributed by atoms with Crippen molar-refractivity contribution >= 4 is 38.1 Å². The van der Waals surface area contributed by atoms with Crippen molar-refractivity contribution in [2.24, 2.45) is 5.92 Å². The third-order valence-corrected chi connectivity index (χ3v) is 8.95. The number of nitrogens with zero attached hydrogens (tertiary/aromatic N) is 3. The standard InChI is InChI=1S/C32H34BrN3O2/c1-37-32(38-2)24-16-18-35(19-17-24)25-10-8-23(9-11-25)31-27-13-15-30-28(26(27)12-14-29(31)33)20-34-36(30)21-22-6-4-3-5-7-22/h3-11,13,15,20,24,32H,12,14,16-19,21H2,1-2H3. The second-order valence-electron chi connectivity index (χ2n) is 10.3. The van der Waals surface area contributed by atoms with E-state index in [0.29, 0.717) is 5.92 Å². The Morgan fingerprint density at radius 3 is 2.37 bits per heavy atom. The van der Waals surface area contributed by atoms with E-state index in [0.717, 1.165) is 45.3 Å². The molecular weight excluding hydrogens is 538 g/mol. The summed E-state index contributed by atoms with van der Waals surface area (Å²) in [5.41, 5.74) is 9.02. The fourth-order valence-electron chi connectivity index (χ4n) is 6.16. The van der Waals surface area contributed by atoms with Crippen LogP contribution in [0.15, 0.2) is 77.4 Å². The Kier molecular flexibility index (Phi) is 7.37. The zero-order valence-electron chi connectivity index (χ0n) is 22.1.